The third kappa shape index (κ3) is 5.11. The lowest BCUT2D eigenvalue weighted by atomic mass is 9.96. The first kappa shape index (κ1) is 20.4. The smallest absolute Gasteiger partial charge is 0.317 e. The van der Waals surface area contributed by atoms with Gasteiger partial charge in [0.2, 0.25) is 0 Å². The lowest BCUT2D eigenvalue weighted by molar-refractivity contribution is 0.0654. The van der Waals surface area contributed by atoms with Crippen molar-refractivity contribution in [2.75, 3.05) is 26.2 Å². The van der Waals surface area contributed by atoms with Gasteiger partial charge in [-0.2, -0.15) is 5.10 Å². The molecule has 3 amide bonds. The molecule has 8 heteroatoms. The Labute approximate surface area is 165 Å². The maximum atomic E-state index is 12.8. The number of nitrogens with one attached hydrogen (secondary N) is 1. The topological polar surface area (TPSA) is 87.5 Å². The minimum Gasteiger partial charge on any atom is -0.335 e. The maximum absolute atomic E-state index is 12.8. The van der Waals surface area contributed by atoms with Gasteiger partial charge in [0.1, 0.15) is 5.69 Å². The highest BCUT2D eigenvalue weighted by Gasteiger charge is 2.27. The van der Waals surface area contributed by atoms with Crippen LogP contribution in [0.5, 0.6) is 0 Å². The molecule has 1 saturated carbocycles. The van der Waals surface area contributed by atoms with Crippen LogP contribution in [0, 0.1) is 0 Å². The van der Waals surface area contributed by atoms with Crippen LogP contribution >= 0.6 is 0 Å². The van der Waals surface area contributed by atoms with Crippen molar-refractivity contribution >= 4 is 11.9 Å². The fourth-order valence-electron chi connectivity index (χ4n) is 3.82. The normalized spacial score (nSPS) is 18.2. The number of carbonyl (C=O) groups is 2. The molecule has 2 heterocycles. The first-order valence-electron chi connectivity index (χ1n) is 10.5. The van der Waals surface area contributed by atoms with Crippen molar-refractivity contribution in [3.63, 3.8) is 0 Å². The molecule has 1 aromatic heterocycles. The van der Waals surface area contributed by atoms with Gasteiger partial charge in [0.15, 0.2) is 0 Å². The molecule has 1 aromatic rings. The van der Waals surface area contributed by atoms with E-state index in [2.05, 4.69) is 10.4 Å². The van der Waals surface area contributed by atoms with Gasteiger partial charge in [-0.25, -0.2) is 9.48 Å². The van der Waals surface area contributed by atoms with E-state index in [-0.39, 0.29) is 29.2 Å². The van der Waals surface area contributed by atoms with Crippen LogP contribution in [0.3, 0.4) is 0 Å². The van der Waals surface area contributed by atoms with E-state index < -0.39 is 0 Å². The Bertz CT molecular complexity index is 734. The number of carbonyl (C=O) groups excluding carboxylic acids is 2. The molecule has 1 aliphatic heterocycles. The molecule has 154 valence electrons. The quantitative estimate of drug-likeness (QED) is 0.832. The zero-order valence-electron chi connectivity index (χ0n) is 16.7. The number of rotatable bonds is 5. The molecule has 2 fully saturated rings. The molecule has 3 rings (SSSR count). The molecule has 0 radical (unpaired) electrons. The highest BCUT2D eigenvalue weighted by molar-refractivity contribution is 5.92. The minimum absolute atomic E-state index is 0.0229. The zero-order chi connectivity index (χ0) is 19.9. The number of unbranched alkanes of at least 4 members (excludes halogenated alkanes) is 1. The van der Waals surface area contributed by atoms with E-state index in [1.54, 1.807) is 9.80 Å². The average Bonchev–Trinajstić information content (AvgIpc) is 2.73. The Morgan fingerprint density at radius 1 is 1.07 bits per heavy atom. The molecule has 0 bridgehead atoms. The maximum Gasteiger partial charge on any atom is 0.317 e. The van der Waals surface area contributed by atoms with E-state index in [4.69, 9.17) is 0 Å². The van der Waals surface area contributed by atoms with Crippen LogP contribution in [-0.2, 0) is 6.54 Å². The Morgan fingerprint density at radius 2 is 1.75 bits per heavy atom. The van der Waals surface area contributed by atoms with Crippen LogP contribution in [0.15, 0.2) is 16.9 Å². The van der Waals surface area contributed by atoms with E-state index in [0.717, 1.165) is 25.7 Å². The van der Waals surface area contributed by atoms with Gasteiger partial charge < -0.3 is 15.1 Å². The number of urea groups is 1. The lowest BCUT2D eigenvalue weighted by Gasteiger charge is -2.35. The summed E-state index contributed by atoms with van der Waals surface area (Å²) in [5, 5.41) is 7.37. The predicted molar refractivity (Wildman–Crippen MR) is 106 cm³/mol. The van der Waals surface area contributed by atoms with Crippen LogP contribution < -0.4 is 10.9 Å². The predicted octanol–water partition coefficient (Wildman–Crippen LogP) is 1.84. The van der Waals surface area contributed by atoms with Crippen molar-refractivity contribution in [3.05, 3.63) is 28.2 Å². The van der Waals surface area contributed by atoms with E-state index in [1.165, 1.54) is 36.1 Å². The fourth-order valence-corrected chi connectivity index (χ4v) is 3.82. The summed E-state index contributed by atoms with van der Waals surface area (Å²) < 4.78 is 1.37. The second kappa shape index (κ2) is 9.71. The van der Waals surface area contributed by atoms with Gasteiger partial charge in [-0.3, -0.25) is 9.59 Å². The summed E-state index contributed by atoms with van der Waals surface area (Å²) in [6.07, 6.45) is 7.54. The zero-order valence-corrected chi connectivity index (χ0v) is 16.7. The largest absolute Gasteiger partial charge is 0.335 e. The molecule has 0 atom stereocenters. The highest BCUT2D eigenvalue weighted by atomic mass is 16.2. The molecule has 8 nitrogen and oxygen atoms in total. The van der Waals surface area contributed by atoms with Crippen molar-refractivity contribution in [3.8, 4) is 0 Å². The lowest BCUT2D eigenvalue weighted by Crippen LogP contribution is -2.54. The van der Waals surface area contributed by atoms with Crippen LogP contribution in [0.4, 0.5) is 4.79 Å². The molecular formula is C20H31N5O3. The number of nitrogens with zero attached hydrogens (tertiary/aromatic N) is 4. The number of amides is 3. The summed E-state index contributed by atoms with van der Waals surface area (Å²) >= 11 is 0. The summed E-state index contributed by atoms with van der Waals surface area (Å²) in [6.45, 7) is 4.55. The average molecular weight is 390 g/mol. The molecular weight excluding hydrogens is 358 g/mol. The van der Waals surface area contributed by atoms with Gasteiger partial charge in [-0.05, 0) is 25.3 Å². The van der Waals surface area contributed by atoms with Gasteiger partial charge >= 0.3 is 6.03 Å². The summed E-state index contributed by atoms with van der Waals surface area (Å²) in [5.41, 5.74) is 0.102. The molecule has 2 aliphatic rings. The Kier molecular flexibility index (Phi) is 7.06. The molecule has 0 unspecified atom stereocenters. The second-order valence-corrected chi connectivity index (χ2v) is 7.70. The van der Waals surface area contributed by atoms with Crippen molar-refractivity contribution in [2.45, 2.75) is 64.5 Å². The fraction of sp³-hybridized carbons (Fsp3) is 0.700. The summed E-state index contributed by atoms with van der Waals surface area (Å²) in [6, 6.07) is 3.17. The monoisotopic (exact) mass is 389 g/mol. The summed E-state index contributed by atoms with van der Waals surface area (Å²) in [5.74, 6) is -0.183. The molecule has 1 N–H and O–H groups in total. The van der Waals surface area contributed by atoms with Crippen molar-refractivity contribution in [1.29, 1.82) is 0 Å². The number of hydrogen-bond donors (Lipinski definition) is 1. The molecule has 28 heavy (non-hydrogen) atoms. The Morgan fingerprint density at radius 3 is 2.43 bits per heavy atom. The highest BCUT2D eigenvalue weighted by Crippen LogP contribution is 2.18. The van der Waals surface area contributed by atoms with Crippen LogP contribution in [0.25, 0.3) is 0 Å². The Balaban J connectivity index is 1.53. The molecule has 0 spiro atoms. The number of aromatic nitrogens is 2. The number of piperazine rings is 1. The van der Waals surface area contributed by atoms with Gasteiger partial charge in [0, 0.05) is 44.8 Å². The summed E-state index contributed by atoms with van der Waals surface area (Å²) in [4.78, 5) is 40.6. The minimum atomic E-state index is -0.186. The van der Waals surface area contributed by atoms with Gasteiger partial charge in [-0.1, -0.05) is 32.6 Å². The first-order chi connectivity index (χ1) is 13.6. The SMILES string of the molecule is CCCCn1nc(C(=O)N2CCN(C(=O)NC3CCCCC3)CC2)ccc1=O. The second-order valence-electron chi connectivity index (χ2n) is 7.70. The van der Waals surface area contributed by atoms with E-state index in [0.29, 0.717) is 32.7 Å². The van der Waals surface area contributed by atoms with Gasteiger partial charge in [0.05, 0.1) is 0 Å². The molecule has 1 aliphatic carbocycles. The van der Waals surface area contributed by atoms with Crippen molar-refractivity contribution in [1.82, 2.24) is 24.9 Å². The third-order valence-corrected chi connectivity index (χ3v) is 5.60. The molecule has 1 saturated heterocycles. The number of aryl methyl sites for hydroxylation is 1. The van der Waals surface area contributed by atoms with Crippen molar-refractivity contribution in [2.24, 2.45) is 0 Å². The van der Waals surface area contributed by atoms with Gasteiger partial charge in [-0.15, -0.1) is 0 Å². The van der Waals surface area contributed by atoms with Crippen LogP contribution in [0.2, 0.25) is 0 Å². The number of hydrogen-bond acceptors (Lipinski definition) is 4. The summed E-state index contributed by atoms with van der Waals surface area (Å²) in [7, 11) is 0. The van der Waals surface area contributed by atoms with E-state index in [9.17, 15) is 14.4 Å². The van der Waals surface area contributed by atoms with E-state index >= 15 is 0 Å². The third-order valence-electron chi connectivity index (χ3n) is 5.60. The van der Waals surface area contributed by atoms with Crippen molar-refractivity contribution < 1.29 is 9.59 Å². The van der Waals surface area contributed by atoms with Gasteiger partial charge in [0.25, 0.3) is 11.5 Å². The Hall–Kier alpha value is -2.38. The van der Waals surface area contributed by atoms with E-state index in [1.807, 2.05) is 6.92 Å². The standard InChI is InChI=1S/C20H31N5O3/c1-2-3-11-25-18(26)10-9-17(22-25)19(27)23-12-14-24(15-13-23)20(28)21-16-7-5-4-6-8-16/h9-10,16H,2-8,11-15H2,1H3,(H,21,28). The molecule has 0 aromatic carbocycles. The van der Waals surface area contributed by atoms with Crippen LogP contribution in [0.1, 0.15) is 62.4 Å². The van der Waals surface area contributed by atoms with Crippen LogP contribution in [-0.4, -0.2) is 63.7 Å². The first-order valence-corrected chi connectivity index (χ1v) is 10.5.